The molecule has 2 nitrogen and oxygen atoms in total. The standard InChI is InChI=1S/C59H40N2/c1-6-22-41(23-7-1)47-35-20-36-50-56-54(40-42-24-16-17-33-48(42)58(56)61(57(47)50)46-31-14-5-15-32-46)60(45-29-12-4-13-30-45)53-39-21-38-52-55(53)49-34-18-19-37-51(49)59(52,43-25-8-2-9-26-43)44-27-10-3-11-28-44/h1-40H. The van der Waals surface area contributed by atoms with Gasteiger partial charge in [0.15, 0.2) is 0 Å². The molecule has 0 saturated carbocycles. The highest BCUT2D eigenvalue weighted by Gasteiger charge is 2.47. The summed E-state index contributed by atoms with van der Waals surface area (Å²) in [5.74, 6) is 0. The molecule has 0 saturated heterocycles. The minimum atomic E-state index is -0.528. The molecule has 12 rings (SSSR count). The number of benzene rings is 10. The van der Waals surface area contributed by atoms with Gasteiger partial charge in [0.2, 0.25) is 0 Å². The van der Waals surface area contributed by atoms with Crippen LogP contribution in [-0.4, -0.2) is 4.57 Å². The third-order valence-corrected chi connectivity index (χ3v) is 12.8. The smallest absolute Gasteiger partial charge is 0.0714 e. The number of hydrogen-bond acceptors (Lipinski definition) is 1. The Morgan fingerprint density at radius 3 is 1.64 bits per heavy atom. The fraction of sp³-hybridized carbons (Fsp3) is 0.0169. The van der Waals surface area contributed by atoms with Crippen LogP contribution >= 0.6 is 0 Å². The SMILES string of the molecule is c1ccc(-c2cccc3c4c(N(c5ccccc5)c5cccc6c5-c5ccccc5C6(c5ccccc5)c5ccccc5)cc5ccccc5c4n(-c4ccccc4)c23)cc1. The van der Waals surface area contributed by atoms with Gasteiger partial charge in [-0.1, -0.05) is 206 Å². The summed E-state index contributed by atoms with van der Waals surface area (Å²) in [6.07, 6.45) is 0. The molecule has 61 heavy (non-hydrogen) atoms. The molecule has 1 aliphatic carbocycles. The summed E-state index contributed by atoms with van der Waals surface area (Å²) in [6.45, 7) is 0. The molecule has 0 unspecified atom stereocenters. The molecule has 10 aromatic carbocycles. The van der Waals surface area contributed by atoms with E-state index in [2.05, 4.69) is 252 Å². The first-order valence-corrected chi connectivity index (χ1v) is 21.1. The van der Waals surface area contributed by atoms with Gasteiger partial charge in [-0.2, -0.15) is 0 Å². The van der Waals surface area contributed by atoms with Crippen LogP contribution in [0.5, 0.6) is 0 Å². The Morgan fingerprint density at radius 2 is 0.918 bits per heavy atom. The van der Waals surface area contributed by atoms with Crippen molar-refractivity contribution in [1.29, 1.82) is 0 Å². The quantitative estimate of drug-likeness (QED) is 0.156. The fourth-order valence-corrected chi connectivity index (χ4v) is 10.4. The van der Waals surface area contributed by atoms with Crippen LogP contribution in [0.4, 0.5) is 17.1 Å². The molecule has 0 aliphatic heterocycles. The molecular formula is C59H40N2. The lowest BCUT2D eigenvalue weighted by atomic mass is 9.68. The predicted octanol–water partition coefficient (Wildman–Crippen LogP) is 15.4. The lowest BCUT2D eigenvalue weighted by Gasteiger charge is -2.34. The minimum Gasteiger partial charge on any atom is -0.309 e. The second kappa shape index (κ2) is 14.1. The van der Waals surface area contributed by atoms with Gasteiger partial charge in [0, 0.05) is 38.7 Å². The highest BCUT2D eigenvalue weighted by atomic mass is 15.2. The highest BCUT2D eigenvalue weighted by molar-refractivity contribution is 6.26. The van der Waals surface area contributed by atoms with E-state index in [4.69, 9.17) is 0 Å². The number of rotatable bonds is 7. The Hall–Kier alpha value is -7.94. The van der Waals surface area contributed by atoms with Gasteiger partial charge in [-0.25, -0.2) is 0 Å². The van der Waals surface area contributed by atoms with E-state index in [0.29, 0.717) is 0 Å². The third kappa shape index (κ3) is 5.22. The van der Waals surface area contributed by atoms with Crippen molar-refractivity contribution in [2.24, 2.45) is 0 Å². The number of nitrogens with zero attached hydrogens (tertiary/aromatic N) is 2. The van der Waals surface area contributed by atoms with Crippen molar-refractivity contribution in [3.05, 3.63) is 265 Å². The number of para-hydroxylation sites is 3. The van der Waals surface area contributed by atoms with Crippen molar-refractivity contribution in [2.45, 2.75) is 5.41 Å². The second-order valence-corrected chi connectivity index (χ2v) is 16.0. The van der Waals surface area contributed by atoms with Gasteiger partial charge < -0.3 is 9.47 Å². The van der Waals surface area contributed by atoms with Gasteiger partial charge in [-0.3, -0.25) is 0 Å². The van der Waals surface area contributed by atoms with Crippen molar-refractivity contribution >= 4 is 49.6 Å². The molecule has 0 radical (unpaired) electrons. The molecule has 0 fully saturated rings. The van der Waals surface area contributed by atoms with Crippen LogP contribution in [0.15, 0.2) is 243 Å². The summed E-state index contributed by atoms with van der Waals surface area (Å²) in [5, 5.41) is 4.81. The summed E-state index contributed by atoms with van der Waals surface area (Å²) in [7, 11) is 0. The Balaban J connectivity index is 1.26. The molecule has 1 aromatic heterocycles. The Kier molecular flexibility index (Phi) is 8.11. The lowest BCUT2D eigenvalue weighted by molar-refractivity contribution is 0.768. The van der Waals surface area contributed by atoms with Crippen molar-refractivity contribution in [3.63, 3.8) is 0 Å². The normalized spacial score (nSPS) is 12.7. The molecule has 0 bridgehead atoms. The average Bonchev–Trinajstić information content (AvgIpc) is 3.86. The van der Waals surface area contributed by atoms with Crippen LogP contribution in [0.3, 0.4) is 0 Å². The Morgan fingerprint density at radius 1 is 0.377 bits per heavy atom. The van der Waals surface area contributed by atoms with E-state index in [1.54, 1.807) is 0 Å². The number of anilines is 3. The van der Waals surface area contributed by atoms with E-state index in [0.717, 1.165) is 22.7 Å². The van der Waals surface area contributed by atoms with E-state index < -0.39 is 5.41 Å². The third-order valence-electron chi connectivity index (χ3n) is 12.8. The summed E-state index contributed by atoms with van der Waals surface area (Å²) >= 11 is 0. The van der Waals surface area contributed by atoms with Gasteiger partial charge in [0.05, 0.1) is 27.8 Å². The van der Waals surface area contributed by atoms with Crippen LogP contribution in [0.1, 0.15) is 22.3 Å². The van der Waals surface area contributed by atoms with Gasteiger partial charge in [-0.05, 0) is 75.2 Å². The zero-order valence-electron chi connectivity index (χ0n) is 33.5. The monoisotopic (exact) mass is 776 g/mol. The van der Waals surface area contributed by atoms with Crippen molar-refractivity contribution < 1.29 is 0 Å². The summed E-state index contributed by atoms with van der Waals surface area (Å²) in [4.78, 5) is 2.54. The Bertz CT molecular complexity index is 3350. The van der Waals surface area contributed by atoms with Crippen LogP contribution in [0.25, 0.3) is 60.5 Å². The number of fused-ring (bicyclic) bond motifs is 8. The van der Waals surface area contributed by atoms with Crippen molar-refractivity contribution in [3.8, 4) is 27.9 Å². The van der Waals surface area contributed by atoms with Crippen molar-refractivity contribution in [1.82, 2.24) is 4.57 Å². The first-order chi connectivity index (χ1) is 30.3. The van der Waals surface area contributed by atoms with Gasteiger partial charge in [0.1, 0.15) is 0 Å². The maximum atomic E-state index is 2.54. The van der Waals surface area contributed by atoms with E-state index >= 15 is 0 Å². The molecule has 2 heteroatoms. The molecule has 1 heterocycles. The predicted molar refractivity (Wildman–Crippen MR) is 256 cm³/mol. The van der Waals surface area contributed by atoms with Crippen molar-refractivity contribution in [2.75, 3.05) is 4.90 Å². The van der Waals surface area contributed by atoms with Gasteiger partial charge >= 0.3 is 0 Å². The van der Waals surface area contributed by atoms with E-state index in [9.17, 15) is 0 Å². The molecular weight excluding hydrogens is 737 g/mol. The largest absolute Gasteiger partial charge is 0.309 e. The second-order valence-electron chi connectivity index (χ2n) is 16.0. The first kappa shape index (κ1) is 35.0. The van der Waals surface area contributed by atoms with Crippen LogP contribution in [-0.2, 0) is 5.41 Å². The van der Waals surface area contributed by atoms with E-state index in [1.807, 2.05) is 0 Å². The van der Waals surface area contributed by atoms with Gasteiger partial charge in [0.25, 0.3) is 0 Å². The summed E-state index contributed by atoms with van der Waals surface area (Å²) in [6, 6.07) is 89.1. The zero-order chi connectivity index (χ0) is 40.3. The molecule has 0 spiro atoms. The van der Waals surface area contributed by atoms with Crippen LogP contribution in [0, 0.1) is 0 Å². The number of aromatic nitrogens is 1. The maximum absolute atomic E-state index is 2.54. The summed E-state index contributed by atoms with van der Waals surface area (Å²) < 4.78 is 2.52. The van der Waals surface area contributed by atoms with E-state index in [1.165, 1.54) is 77.1 Å². The topological polar surface area (TPSA) is 8.17 Å². The lowest BCUT2D eigenvalue weighted by Crippen LogP contribution is -2.28. The Labute approximate surface area is 355 Å². The average molecular weight is 777 g/mol. The highest BCUT2D eigenvalue weighted by Crippen LogP contribution is 2.60. The maximum Gasteiger partial charge on any atom is 0.0714 e. The molecule has 0 atom stereocenters. The molecule has 1 aliphatic rings. The molecule has 11 aromatic rings. The molecule has 0 amide bonds. The fourth-order valence-electron chi connectivity index (χ4n) is 10.4. The number of hydrogen-bond donors (Lipinski definition) is 0. The molecule has 0 N–H and O–H groups in total. The first-order valence-electron chi connectivity index (χ1n) is 21.1. The minimum absolute atomic E-state index is 0.528. The zero-order valence-corrected chi connectivity index (χ0v) is 33.5. The van der Waals surface area contributed by atoms with Gasteiger partial charge in [-0.15, -0.1) is 0 Å². The summed E-state index contributed by atoms with van der Waals surface area (Å²) in [5.41, 5.74) is 16.3. The molecule has 286 valence electrons. The van der Waals surface area contributed by atoms with Crippen LogP contribution in [0.2, 0.25) is 0 Å². The van der Waals surface area contributed by atoms with Crippen LogP contribution < -0.4 is 4.90 Å². The van der Waals surface area contributed by atoms with E-state index in [-0.39, 0.29) is 0 Å².